The first-order valence-electron chi connectivity index (χ1n) is 4.24. The van der Waals surface area contributed by atoms with Crippen LogP contribution in [0.5, 0.6) is 0 Å². The lowest BCUT2D eigenvalue weighted by Crippen LogP contribution is -2.09. The first kappa shape index (κ1) is 8.63. The Hall–Kier alpha value is -0.960. The van der Waals surface area contributed by atoms with Gasteiger partial charge in [-0.15, -0.1) is 11.8 Å². The third-order valence-electron chi connectivity index (χ3n) is 2.00. The molecule has 0 unspecified atom stereocenters. The van der Waals surface area contributed by atoms with Crippen molar-refractivity contribution in [2.75, 3.05) is 12.9 Å². The fraction of sp³-hybridized carbons (Fsp3) is 0.300. The largest absolute Gasteiger partial charge is 0.399 e. The van der Waals surface area contributed by atoms with Crippen molar-refractivity contribution in [1.29, 1.82) is 0 Å². The standard InChI is InChI=1S/C10H11NOS/c1-12-11-9-6-7-13-10-5-3-2-4-8(9)10/h2-5H,6-7H2,1H3. The maximum absolute atomic E-state index is 4.82. The van der Waals surface area contributed by atoms with Gasteiger partial charge in [0.1, 0.15) is 7.11 Å². The van der Waals surface area contributed by atoms with Gasteiger partial charge in [-0.3, -0.25) is 0 Å². The number of nitrogens with zero attached hydrogens (tertiary/aromatic N) is 1. The minimum atomic E-state index is 0.996. The van der Waals surface area contributed by atoms with Gasteiger partial charge in [-0.2, -0.15) is 0 Å². The van der Waals surface area contributed by atoms with Gasteiger partial charge in [0, 0.05) is 22.6 Å². The highest BCUT2D eigenvalue weighted by molar-refractivity contribution is 7.99. The van der Waals surface area contributed by atoms with Gasteiger partial charge in [0.15, 0.2) is 0 Å². The Morgan fingerprint density at radius 2 is 2.23 bits per heavy atom. The quantitative estimate of drug-likeness (QED) is 0.639. The normalized spacial score (nSPS) is 18.4. The van der Waals surface area contributed by atoms with Crippen LogP contribution in [0.1, 0.15) is 12.0 Å². The van der Waals surface area contributed by atoms with Gasteiger partial charge < -0.3 is 4.84 Å². The van der Waals surface area contributed by atoms with Crippen molar-refractivity contribution in [3.63, 3.8) is 0 Å². The van der Waals surface area contributed by atoms with E-state index in [2.05, 4.69) is 23.4 Å². The van der Waals surface area contributed by atoms with Crippen LogP contribution in [-0.4, -0.2) is 18.6 Å². The molecule has 0 aromatic heterocycles. The zero-order chi connectivity index (χ0) is 9.10. The predicted molar refractivity (Wildman–Crippen MR) is 55.3 cm³/mol. The molecule has 13 heavy (non-hydrogen) atoms. The second-order valence-electron chi connectivity index (χ2n) is 2.82. The van der Waals surface area contributed by atoms with Gasteiger partial charge in [0.05, 0.1) is 5.71 Å². The smallest absolute Gasteiger partial charge is 0.106 e. The van der Waals surface area contributed by atoms with E-state index in [1.54, 1.807) is 7.11 Å². The summed E-state index contributed by atoms with van der Waals surface area (Å²) in [5.74, 6) is 1.10. The number of oxime groups is 1. The van der Waals surface area contributed by atoms with E-state index in [0.717, 1.165) is 17.9 Å². The third kappa shape index (κ3) is 1.70. The molecular formula is C10H11NOS. The number of thioether (sulfide) groups is 1. The summed E-state index contributed by atoms with van der Waals surface area (Å²) in [6, 6.07) is 8.32. The number of hydrogen-bond acceptors (Lipinski definition) is 3. The molecule has 1 aliphatic rings. The number of rotatable bonds is 1. The minimum absolute atomic E-state index is 0.996. The molecule has 1 heterocycles. The lowest BCUT2D eigenvalue weighted by atomic mass is 10.1. The van der Waals surface area contributed by atoms with Crippen LogP contribution in [0.2, 0.25) is 0 Å². The second kappa shape index (κ2) is 3.83. The van der Waals surface area contributed by atoms with Crippen LogP contribution >= 0.6 is 11.8 Å². The van der Waals surface area contributed by atoms with Crippen LogP contribution in [0.25, 0.3) is 0 Å². The van der Waals surface area contributed by atoms with Crippen molar-refractivity contribution >= 4 is 17.5 Å². The Balaban J connectivity index is 2.42. The van der Waals surface area contributed by atoms with Crippen LogP contribution in [0.15, 0.2) is 34.3 Å². The van der Waals surface area contributed by atoms with Crippen molar-refractivity contribution in [3.05, 3.63) is 29.8 Å². The van der Waals surface area contributed by atoms with Gasteiger partial charge >= 0.3 is 0 Å². The average Bonchev–Trinajstić information content (AvgIpc) is 2.19. The molecule has 2 nitrogen and oxygen atoms in total. The molecule has 1 aliphatic heterocycles. The zero-order valence-corrected chi connectivity index (χ0v) is 8.30. The Morgan fingerprint density at radius 1 is 1.38 bits per heavy atom. The van der Waals surface area contributed by atoms with E-state index in [4.69, 9.17) is 4.84 Å². The summed E-state index contributed by atoms with van der Waals surface area (Å²) >= 11 is 1.88. The molecule has 1 aromatic rings. The van der Waals surface area contributed by atoms with Gasteiger partial charge in [-0.1, -0.05) is 23.4 Å². The Bertz CT molecular complexity index is 335. The molecule has 0 atom stereocenters. The summed E-state index contributed by atoms with van der Waals surface area (Å²) in [5.41, 5.74) is 2.29. The molecular weight excluding hydrogens is 182 g/mol. The minimum Gasteiger partial charge on any atom is -0.399 e. The Morgan fingerprint density at radius 3 is 3.08 bits per heavy atom. The van der Waals surface area contributed by atoms with E-state index >= 15 is 0 Å². The molecule has 0 aliphatic carbocycles. The summed E-state index contributed by atoms with van der Waals surface area (Å²) in [7, 11) is 1.59. The molecule has 0 bridgehead atoms. The molecule has 68 valence electrons. The monoisotopic (exact) mass is 193 g/mol. The summed E-state index contributed by atoms with van der Waals surface area (Å²) in [4.78, 5) is 6.13. The highest BCUT2D eigenvalue weighted by atomic mass is 32.2. The summed E-state index contributed by atoms with van der Waals surface area (Å²) in [6.07, 6.45) is 0.996. The van der Waals surface area contributed by atoms with E-state index in [1.807, 2.05) is 17.8 Å². The maximum atomic E-state index is 4.82. The molecule has 3 heteroatoms. The number of hydrogen-bond donors (Lipinski definition) is 0. The summed E-state index contributed by atoms with van der Waals surface area (Å²) in [5, 5.41) is 4.03. The van der Waals surface area contributed by atoms with Crippen molar-refractivity contribution in [2.45, 2.75) is 11.3 Å². The second-order valence-corrected chi connectivity index (χ2v) is 3.95. The SMILES string of the molecule is CON=C1CCSc2ccccc21. The van der Waals surface area contributed by atoms with Crippen LogP contribution < -0.4 is 0 Å². The molecule has 0 N–H and O–H groups in total. The highest BCUT2D eigenvalue weighted by Crippen LogP contribution is 2.29. The maximum Gasteiger partial charge on any atom is 0.106 e. The number of fused-ring (bicyclic) bond motifs is 1. The molecule has 0 spiro atoms. The number of benzene rings is 1. The molecule has 0 radical (unpaired) electrons. The first-order valence-corrected chi connectivity index (χ1v) is 5.22. The molecule has 0 saturated carbocycles. The van der Waals surface area contributed by atoms with Crippen LogP contribution in [0.3, 0.4) is 0 Å². The lowest BCUT2D eigenvalue weighted by Gasteiger charge is -2.15. The van der Waals surface area contributed by atoms with E-state index in [0.29, 0.717) is 0 Å². The van der Waals surface area contributed by atoms with E-state index < -0.39 is 0 Å². The van der Waals surface area contributed by atoms with Gasteiger partial charge in [0.2, 0.25) is 0 Å². The van der Waals surface area contributed by atoms with Crippen LogP contribution in [-0.2, 0) is 4.84 Å². The Labute approximate surface area is 82.0 Å². The van der Waals surface area contributed by atoms with Crippen molar-refractivity contribution in [3.8, 4) is 0 Å². The highest BCUT2D eigenvalue weighted by Gasteiger charge is 2.15. The fourth-order valence-corrected chi connectivity index (χ4v) is 2.46. The van der Waals surface area contributed by atoms with Crippen molar-refractivity contribution in [1.82, 2.24) is 0 Å². The van der Waals surface area contributed by atoms with E-state index in [-0.39, 0.29) is 0 Å². The van der Waals surface area contributed by atoms with Crippen LogP contribution in [0.4, 0.5) is 0 Å². The molecule has 1 aromatic carbocycles. The molecule has 0 amide bonds. The predicted octanol–water partition coefficient (Wildman–Crippen LogP) is 2.53. The van der Waals surface area contributed by atoms with Gasteiger partial charge in [-0.25, -0.2) is 0 Å². The van der Waals surface area contributed by atoms with Gasteiger partial charge in [-0.05, 0) is 6.07 Å². The zero-order valence-electron chi connectivity index (χ0n) is 7.49. The lowest BCUT2D eigenvalue weighted by molar-refractivity contribution is 0.213. The summed E-state index contributed by atoms with van der Waals surface area (Å²) < 4.78 is 0. The molecule has 2 rings (SSSR count). The summed E-state index contributed by atoms with van der Waals surface area (Å²) in [6.45, 7) is 0. The van der Waals surface area contributed by atoms with Gasteiger partial charge in [0.25, 0.3) is 0 Å². The third-order valence-corrected chi connectivity index (χ3v) is 3.07. The van der Waals surface area contributed by atoms with Crippen molar-refractivity contribution in [2.24, 2.45) is 5.16 Å². The molecule has 0 saturated heterocycles. The van der Waals surface area contributed by atoms with Crippen LogP contribution in [0, 0.1) is 0 Å². The molecule has 0 fully saturated rings. The van der Waals surface area contributed by atoms with Crippen molar-refractivity contribution < 1.29 is 4.84 Å². The topological polar surface area (TPSA) is 21.6 Å². The van der Waals surface area contributed by atoms with E-state index in [1.165, 1.54) is 10.5 Å². The average molecular weight is 193 g/mol. The fourth-order valence-electron chi connectivity index (χ4n) is 1.43. The van der Waals surface area contributed by atoms with E-state index in [9.17, 15) is 0 Å². The first-order chi connectivity index (χ1) is 6.42. The Kier molecular flexibility index (Phi) is 2.54.